The van der Waals surface area contributed by atoms with Crippen molar-refractivity contribution in [3.05, 3.63) is 81.5 Å². The van der Waals surface area contributed by atoms with Crippen LogP contribution in [0.25, 0.3) is 4.91 Å². The second-order valence-corrected chi connectivity index (χ2v) is 7.27. The van der Waals surface area contributed by atoms with E-state index in [2.05, 4.69) is 0 Å². The van der Waals surface area contributed by atoms with E-state index in [4.69, 9.17) is 4.74 Å². The molecule has 0 saturated carbocycles. The summed E-state index contributed by atoms with van der Waals surface area (Å²) in [5.74, 6) is -0.670. The molecule has 136 valence electrons. The zero-order valence-corrected chi connectivity index (χ0v) is 14.8. The lowest BCUT2D eigenvalue weighted by molar-refractivity contribution is -0.384. The molecule has 1 fully saturated rings. The SMILES string of the molecule is O=C(OCc1ccc([N+](=O)[O-])cc1)C1=C(c2ccccc2)SC2CC(=O)N12. The molecule has 0 spiro atoms. The van der Waals surface area contributed by atoms with Gasteiger partial charge in [0, 0.05) is 17.0 Å². The number of carbonyl (C=O) groups is 2. The van der Waals surface area contributed by atoms with E-state index < -0.39 is 10.9 Å². The number of β-lactam (4-membered cyclic amide) rings is 1. The van der Waals surface area contributed by atoms with Gasteiger partial charge in [-0.1, -0.05) is 42.1 Å². The van der Waals surface area contributed by atoms with Gasteiger partial charge in [0.1, 0.15) is 12.3 Å². The lowest BCUT2D eigenvalue weighted by Crippen LogP contribution is -2.48. The molecular weight excluding hydrogens is 368 g/mol. The Morgan fingerprint density at radius 3 is 2.52 bits per heavy atom. The van der Waals surface area contributed by atoms with Crippen molar-refractivity contribution in [2.75, 3.05) is 0 Å². The lowest BCUT2D eigenvalue weighted by atomic mass is 10.1. The fourth-order valence-electron chi connectivity index (χ4n) is 2.97. The highest BCUT2D eigenvalue weighted by molar-refractivity contribution is 8.09. The molecule has 1 atom stereocenters. The first-order valence-corrected chi connectivity index (χ1v) is 9.11. The van der Waals surface area contributed by atoms with E-state index in [1.165, 1.54) is 28.8 Å². The number of benzene rings is 2. The van der Waals surface area contributed by atoms with Gasteiger partial charge in [0.25, 0.3) is 5.69 Å². The van der Waals surface area contributed by atoms with Crippen molar-refractivity contribution in [3.8, 4) is 0 Å². The molecule has 2 aromatic rings. The van der Waals surface area contributed by atoms with E-state index in [1.807, 2.05) is 30.3 Å². The zero-order valence-electron chi connectivity index (χ0n) is 14.0. The van der Waals surface area contributed by atoms with E-state index in [0.717, 1.165) is 10.5 Å². The van der Waals surface area contributed by atoms with Gasteiger partial charge in [-0.15, -0.1) is 0 Å². The number of nitro benzene ring substituents is 1. The Labute approximate surface area is 158 Å². The monoisotopic (exact) mass is 382 g/mol. The first-order chi connectivity index (χ1) is 13.0. The largest absolute Gasteiger partial charge is 0.456 e. The van der Waals surface area contributed by atoms with Crippen LogP contribution >= 0.6 is 11.8 Å². The number of nitrogens with zero attached hydrogens (tertiary/aromatic N) is 2. The topological polar surface area (TPSA) is 89.7 Å². The summed E-state index contributed by atoms with van der Waals surface area (Å²) < 4.78 is 5.39. The molecule has 1 amide bonds. The van der Waals surface area contributed by atoms with Gasteiger partial charge in [-0.05, 0) is 23.3 Å². The molecule has 27 heavy (non-hydrogen) atoms. The number of esters is 1. The van der Waals surface area contributed by atoms with Crippen molar-refractivity contribution in [3.63, 3.8) is 0 Å². The Hall–Kier alpha value is -3.13. The molecule has 1 saturated heterocycles. The number of hydrogen-bond acceptors (Lipinski definition) is 6. The molecule has 7 nitrogen and oxygen atoms in total. The third kappa shape index (κ3) is 3.19. The highest BCUT2D eigenvalue weighted by Crippen LogP contribution is 2.50. The van der Waals surface area contributed by atoms with Crippen molar-refractivity contribution < 1.29 is 19.2 Å². The van der Waals surface area contributed by atoms with E-state index in [1.54, 1.807) is 12.1 Å². The molecule has 2 aliphatic rings. The van der Waals surface area contributed by atoms with Gasteiger partial charge in [0.2, 0.25) is 5.91 Å². The number of nitro groups is 1. The molecule has 0 radical (unpaired) electrons. The molecule has 0 N–H and O–H groups in total. The maximum absolute atomic E-state index is 12.7. The summed E-state index contributed by atoms with van der Waals surface area (Å²) in [6.45, 7) is -0.0280. The summed E-state index contributed by atoms with van der Waals surface area (Å²) >= 11 is 1.49. The molecule has 2 aromatic carbocycles. The van der Waals surface area contributed by atoms with Crippen LogP contribution in [0.1, 0.15) is 17.5 Å². The van der Waals surface area contributed by atoms with Crippen molar-refractivity contribution in [1.29, 1.82) is 0 Å². The van der Waals surface area contributed by atoms with Crippen LogP contribution in [0.4, 0.5) is 5.69 Å². The summed E-state index contributed by atoms with van der Waals surface area (Å²) in [6, 6.07) is 15.2. The van der Waals surface area contributed by atoms with Gasteiger partial charge in [0.05, 0.1) is 16.7 Å². The molecular formula is C19H14N2O5S. The minimum absolute atomic E-state index is 0.0274. The van der Waals surface area contributed by atoms with Crippen LogP contribution in [-0.2, 0) is 20.9 Å². The first-order valence-electron chi connectivity index (χ1n) is 8.23. The van der Waals surface area contributed by atoms with Gasteiger partial charge in [-0.25, -0.2) is 4.79 Å². The first kappa shape index (κ1) is 17.3. The standard InChI is InChI=1S/C19H14N2O5S/c22-15-10-16-20(15)17(18(27-16)13-4-2-1-3-5-13)19(23)26-11-12-6-8-14(9-7-12)21(24)25/h1-9,16H,10-11H2. The highest BCUT2D eigenvalue weighted by atomic mass is 32.2. The number of amides is 1. The van der Waals surface area contributed by atoms with Crippen LogP contribution in [0, 0.1) is 10.1 Å². The summed E-state index contributed by atoms with van der Waals surface area (Å²) in [4.78, 5) is 37.1. The number of thioether (sulfide) groups is 1. The average molecular weight is 382 g/mol. The molecule has 1 unspecified atom stereocenters. The fourth-order valence-corrected chi connectivity index (χ4v) is 4.36. The molecule has 2 aliphatic heterocycles. The maximum Gasteiger partial charge on any atom is 0.356 e. The number of hydrogen-bond donors (Lipinski definition) is 0. The zero-order chi connectivity index (χ0) is 19.0. The summed E-state index contributed by atoms with van der Waals surface area (Å²) in [6.07, 6.45) is 0.403. The van der Waals surface area contributed by atoms with Gasteiger partial charge < -0.3 is 4.74 Å². The van der Waals surface area contributed by atoms with Gasteiger partial charge in [-0.2, -0.15) is 0 Å². The minimum atomic E-state index is -0.574. The predicted octanol–water partition coefficient (Wildman–Crippen LogP) is 3.31. The molecule has 0 aromatic heterocycles. The number of carbonyl (C=O) groups excluding carboxylic acids is 2. The number of rotatable bonds is 5. The molecule has 4 rings (SSSR count). The van der Waals surface area contributed by atoms with Gasteiger partial charge in [0.15, 0.2) is 0 Å². The van der Waals surface area contributed by atoms with E-state index in [-0.39, 0.29) is 29.3 Å². The van der Waals surface area contributed by atoms with Crippen LogP contribution in [-0.4, -0.2) is 27.1 Å². The van der Waals surface area contributed by atoms with Crippen molar-refractivity contribution in [2.24, 2.45) is 0 Å². The Balaban J connectivity index is 1.55. The van der Waals surface area contributed by atoms with Gasteiger partial charge >= 0.3 is 5.97 Å². The van der Waals surface area contributed by atoms with Crippen LogP contribution in [0.2, 0.25) is 0 Å². The van der Waals surface area contributed by atoms with Crippen molar-refractivity contribution in [2.45, 2.75) is 18.4 Å². The minimum Gasteiger partial charge on any atom is -0.456 e. The summed E-state index contributed by atoms with van der Waals surface area (Å²) in [7, 11) is 0. The lowest BCUT2D eigenvalue weighted by Gasteiger charge is -2.34. The normalized spacial score (nSPS) is 18.1. The predicted molar refractivity (Wildman–Crippen MR) is 99.1 cm³/mol. The van der Waals surface area contributed by atoms with Crippen LogP contribution in [0.5, 0.6) is 0 Å². The quantitative estimate of drug-likeness (QED) is 0.341. The Morgan fingerprint density at radius 1 is 1.19 bits per heavy atom. The Morgan fingerprint density at radius 2 is 1.89 bits per heavy atom. The Kier molecular flexibility index (Phi) is 4.41. The van der Waals surface area contributed by atoms with Crippen LogP contribution in [0.15, 0.2) is 60.3 Å². The molecule has 2 heterocycles. The number of non-ortho nitro benzene ring substituents is 1. The molecule has 8 heteroatoms. The highest BCUT2D eigenvalue weighted by Gasteiger charge is 2.49. The second-order valence-electron chi connectivity index (χ2n) is 6.08. The molecule has 0 aliphatic carbocycles. The van der Waals surface area contributed by atoms with Crippen LogP contribution in [0.3, 0.4) is 0 Å². The summed E-state index contributed by atoms with van der Waals surface area (Å²) in [5, 5.41) is 10.6. The third-order valence-electron chi connectivity index (χ3n) is 4.36. The number of ether oxygens (including phenoxy) is 1. The van der Waals surface area contributed by atoms with E-state index in [9.17, 15) is 19.7 Å². The average Bonchev–Trinajstić information content (AvgIpc) is 3.00. The van der Waals surface area contributed by atoms with Crippen molar-refractivity contribution in [1.82, 2.24) is 4.90 Å². The Bertz CT molecular complexity index is 956. The second kappa shape index (κ2) is 6.88. The number of fused-ring (bicyclic) bond motifs is 1. The van der Waals surface area contributed by atoms with Crippen molar-refractivity contribution >= 4 is 34.2 Å². The fraction of sp³-hybridized carbons (Fsp3) is 0.158. The smallest absolute Gasteiger partial charge is 0.356 e. The van der Waals surface area contributed by atoms with Gasteiger partial charge in [-0.3, -0.25) is 19.8 Å². The molecule has 0 bridgehead atoms. The summed E-state index contributed by atoms with van der Waals surface area (Å²) in [5.41, 5.74) is 1.75. The van der Waals surface area contributed by atoms with E-state index >= 15 is 0 Å². The van der Waals surface area contributed by atoms with Crippen LogP contribution < -0.4 is 0 Å². The third-order valence-corrected chi connectivity index (χ3v) is 5.68. The van der Waals surface area contributed by atoms with E-state index in [0.29, 0.717) is 12.0 Å². The maximum atomic E-state index is 12.7.